The Kier molecular flexibility index (Phi) is 4.93. The minimum atomic E-state index is -1.07. The number of aliphatic hydroxyl groups excluding tert-OH is 2. The Morgan fingerprint density at radius 2 is 2.12 bits per heavy atom. The maximum Gasteiger partial charge on any atom is 0.150 e. The zero-order chi connectivity index (χ0) is 12.1. The lowest BCUT2D eigenvalue weighted by atomic mass is 9.96. The molecule has 1 rings (SSSR count). The molecule has 0 fully saturated rings. The van der Waals surface area contributed by atoms with Gasteiger partial charge in [0.05, 0.1) is 6.10 Å². The molecule has 4 heteroatoms. The van der Waals surface area contributed by atoms with Gasteiger partial charge < -0.3 is 10.2 Å². The molecular weight excluding hydrogens is 228 g/mol. The summed E-state index contributed by atoms with van der Waals surface area (Å²) in [5, 5.41) is 19.5. The van der Waals surface area contributed by atoms with Gasteiger partial charge >= 0.3 is 0 Å². The number of alkyl halides is 1. The van der Waals surface area contributed by atoms with Gasteiger partial charge in [-0.05, 0) is 25.0 Å². The van der Waals surface area contributed by atoms with Gasteiger partial charge in [0.2, 0.25) is 0 Å². The minimum absolute atomic E-state index is 0.264. The van der Waals surface area contributed by atoms with Gasteiger partial charge in [0.15, 0.2) is 0 Å². The third kappa shape index (κ3) is 3.04. The summed E-state index contributed by atoms with van der Waals surface area (Å²) in [6, 6.07) is 5.12. The van der Waals surface area contributed by atoms with Gasteiger partial charge in [-0.3, -0.25) is 4.79 Å². The van der Waals surface area contributed by atoms with Crippen molar-refractivity contribution in [3.63, 3.8) is 0 Å². The Hall–Kier alpha value is -0.900. The van der Waals surface area contributed by atoms with Crippen molar-refractivity contribution in [1.82, 2.24) is 0 Å². The summed E-state index contributed by atoms with van der Waals surface area (Å²) in [6.07, 6.45) is -1.05. The molecule has 0 bridgehead atoms. The van der Waals surface area contributed by atoms with E-state index in [-0.39, 0.29) is 12.3 Å². The topological polar surface area (TPSA) is 57.5 Å². The van der Waals surface area contributed by atoms with E-state index in [2.05, 4.69) is 0 Å². The molecule has 0 radical (unpaired) electrons. The zero-order valence-corrected chi connectivity index (χ0v) is 9.81. The molecule has 0 aliphatic rings. The second-order valence-corrected chi connectivity index (χ2v) is 4.12. The van der Waals surface area contributed by atoms with Crippen molar-refractivity contribution in [3.8, 4) is 0 Å². The fourth-order valence-corrected chi connectivity index (χ4v) is 1.77. The molecule has 2 unspecified atom stereocenters. The van der Waals surface area contributed by atoms with Crippen LogP contribution in [-0.2, 0) is 0 Å². The van der Waals surface area contributed by atoms with Crippen molar-refractivity contribution < 1.29 is 15.0 Å². The molecule has 3 nitrogen and oxygen atoms in total. The normalized spacial score (nSPS) is 14.5. The minimum Gasteiger partial charge on any atom is -0.390 e. The maximum absolute atomic E-state index is 10.8. The fraction of sp³-hybridized carbons (Fsp3) is 0.417. The number of hydrogen-bond acceptors (Lipinski definition) is 3. The highest BCUT2D eigenvalue weighted by Crippen LogP contribution is 2.23. The first-order valence-corrected chi connectivity index (χ1v) is 5.61. The average Bonchev–Trinajstić information content (AvgIpc) is 2.28. The third-order valence-electron chi connectivity index (χ3n) is 2.46. The molecule has 1 aromatic carbocycles. The van der Waals surface area contributed by atoms with Crippen LogP contribution < -0.4 is 0 Å². The number of carbonyl (C=O) groups is 1. The van der Waals surface area contributed by atoms with Crippen LogP contribution in [-0.4, -0.2) is 28.5 Å². The van der Waals surface area contributed by atoms with Crippen LogP contribution in [0.4, 0.5) is 0 Å². The number of aryl methyl sites for hydroxylation is 1. The van der Waals surface area contributed by atoms with E-state index in [1.165, 1.54) is 0 Å². The average molecular weight is 243 g/mol. The standard InChI is InChI=1S/C12H15ClO3/c1-8-2-3-10(9(6-8)7-14)12(16)11(15)4-5-13/h2-3,6-7,11-12,15-16H,4-5H2,1H3. The highest BCUT2D eigenvalue weighted by atomic mass is 35.5. The molecular formula is C12H15ClO3. The van der Waals surface area contributed by atoms with E-state index in [4.69, 9.17) is 11.6 Å². The van der Waals surface area contributed by atoms with Crippen molar-refractivity contribution >= 4 is 17.9 Å². The third-order valence-corrected chi connectivity index (χ3v) is 2.68. The van der Waals surface area contributed by atoms with E-state index in [1.807, 2.05) is 6.92 Å². The summed E-state index contributed by atoms with van der Waals surface area (Å²) in [7, 11) is 0. The van der Waals surface area contributed by atoms with Crippen LogP contribution in [0.15, 0.2) is 18.2 Å². The van der Waals surface area contributed by atoms with E-state index in [0.29, 0.717) is 17.4 Å². The van der Waals surface area contributed by atoms with Crippen molar-refractivity contribution in [3.05, 3.63) is 34.9 Å². The van der Waals surface area contributed by atoms with Gasteiger partial charge in [0.1, 0.15) is 12.4 Å². The van der Waals surface area contributed by atoms with E-state index >= 15 is 0 Å². The molecule has 2 atom stereocenters. The number of benzene rings is 1. The first kappa shape index (κ1) is 13.2. The SMILES string of the molecule is Cc1ccc(C(O)C(O)CCCl)c(C=O)c1. The summed E-state index contributed by atoms with van der Waals surface area (Å²) >= 11 is 5.49. The Bertz CT molecular complexity index is 365. The highest BCUT2D eigenvalue weighted by Gasteiger charge is 2.20. The largest absolute Gasteiger partial charge is 0.390 e. The van der Waals surface area contributed by atoms with Crippen LogP contribution in [0.3, 0.4) is 0 Å². The first-order valence-electron chi connectivity index (χ1n) is 5.08. The van der Waals surface area contributed by atoms with Gasteiger partial charge in [-0.1, -0.05) is 17.7 Å². The van der Waals surface area contributed by atoms with E-state index in [9.17, 15) is 15.0 Å². The van der Waals surface area contributed by atoms with Gasteiger partial charge in [-0.2, -0.15) is 0 Å². The van der Waals surface area contributed by atoms with Crippen molar-refractivity contribution in [2.75, 3.05) is 5.88 Å². The number of rotatable bonds is 5. The van der Waals surface area contributed by atoms with Gasteiger partial charge in [-0.25, -0.2) is 0 Å². The van der Waals surface area contributed by atoms with Crippen LogP contribution in [0, 0.1) is 6.92 Å². The smallest absolute Gasteiger partial charge is 0.150 e. The Labute approximate surface area is 99.7 Å². The number of hydrogen-bond donors (Lipinski definition) is 2. The molecule has 0 aromatic heterocycles. The van der Waals surface area contributed by atoms with Crippen LogP contribution >= 0.6 is 11.6 Å². The molecule has 0 spiro atoms. The molecule has 0 aliphatic heterocycles. The molecule has 88 valence electrons. The maximum atomic E-state index is 10.8. The van der Waals surface area contributed by atoms with Crippen LogP contribution in [0.2, 0.25) is 0 Å². The van der Waals surface area contributed by atoms with Crippen LogP contribution in [0.1, 0.15) is 34.0 Å². The van der Waals surface area contributed by atoms with Gasteiger partial charge in [0.25, 0.3) is 0 Å². The Balaban J connectivity index is 2.98. The Morgan fingerprint density at radius 3 is 2.69 bits per heavy atom. The molecule has 16 heavy (non-hydrogen) atoms. The molecule has 0 amide bonds. The number of halogens is 1. The Morgan fingerprint density at radius 1 is 1.44 bits per heavy atom. The molecule has 0 aliphatic carbocycles. The fourth-order valence-electron chi connectivity index (χ4n) is 1.54. The summed E-state index contributed by atoms with van der Waals surface area (Å²) in [5.41, 5.74) is 1.78. The zero-order valence-electron chi connectivity index (χ0n) is 9.06. The lowest BCUT2D eigenvalue weighted by molar-refractivity contribution is 0.0166. The summed E-state index contributed by atoms with van der Waals surface area (Å²) in [6.45, 7) is 1.86. The quantitative estimate of drug-likeness (QED) is 0.612. The second-order valence-electron chi connectivity index (χ2n) is 3.74. The predicted molar refractivity (Wildman–Crippen MR) is 62.9 cm³/mol. The van der Waals surface area contributed by atoms with Crippen molar-refractivity contribution in [1.29, 1.82) is 0 Å². The van der Waals surface area contributed by atoms with Gasteiger partial charge in [-0.15, -0.1) is 11.6 Å². The molecule has 2 N–H and O–H groups in total. The summed E-state index contributed by atoms with van der Waals surface area (Å²) < 4.78 is 0. The van der Waals surface area contributed by atoms with Crippen molar-refractivity contribution in [2.24, 2.45) is 0 Å². The number of aliphatic hydroxyl groups is 2. The van der Waals surface area contributed by atoms with Gasteiger partial charge in [0, 0.05) is 11.4 Å². The second kappa shape index (κ2) is 5.99. The number of aldehydes is 1. The van der Waals surface area contributed by atoms with Crippen molar-refractivity contribution in [2.45, 2.75) is 25.6 Å². The monoisotopic (exact) mass is 242 g/mol. The predicted octanol–water partition coefficient (Wildman–Crippen LogP) is 1.83. The molecule has 0 heterocycles. The number of carbonyl (C=O) groups excluding carboxylic acids is 1. The van der Waals surface area contributed by atoms with Crippen LogP contribution in [0.5, 0.6) is 0 Å². The van der Waals surface area contributed by atoms with E-state index < -0.39 is 12.2 Å². The van der Waals surface area contributed by atoms with Crippen LogP contribution in [0.25, 0.3) is 0 Å². The lowest BCUT2D eigenvalue weighted by Gasteiger charge is -2.18. The van der Waals surface area contributed by atoms with E-state index in [1.54, 1.807) is 18.2 Å². The molecule has 0 saturated carbocycles. The summed E-state index contributed by atoms with van der Waals surface area (Å²) in [4.78, 5) is 10.8. The summed E-state index contributed by atoms with van der Waals surface area (Å²) in [5.74, 6) is 0.264. The highest BCUT2D eigenvalue weighted by molar-refractivity contribution is 6.17. The first-order chi connectivity index (χ1) is 7.60. The molecule has 0 saturated heterocycles. The molecule has 1 aromatic rings. The van der Waals surface area contributed by atoms with E-state index in [0.717, 1.165) is 5.56 Å². The lowest BCUT2D eigenvalue weighted by Crippen LogP contribution is -2.20.